The van der Waals surface area contributed by atoms with Gasteiger partial charge in [-0.3, -0.25) is 9.59 Å². The molecule has 3 aliphatic rings. The van der Waals surface area contributed by atoms with Crippen LogP contribution in [-0.4, -0.2) is 87.1 Å². The van der Waals surface area contributed by atoms with Gasteiger partial charge in [-0.05, 0) is 31.4 Å². The first-order chi connectivity index (χ1) is 14.2. The molecule has 7 heteroatoms. The third kappa shape index (κ3) is 4.34. The number of fused-ring (bicyclic) bond motifs is 1. The molecule has 2 amide bonds. The molecule has 4 rings (SSSR count). The number of nitrogens with one attached hydrogen (secondary N) is 1. The number of carbonyl (C=O) groups is 2. The number of ether oxygens (including phenoxy) is 1. The van der Waals surface area contributed by atoms with Crippen LogP contribution in [0.4, 0.5) is 5.69 Å². The van der Waals surface area contributed by atoms with Crippen LogP contribution in [0.1, 0.15) is 25.7 Å². The zero-order chi connectivity index (χ0) is 20.2. The van der Waals surface area contributed by atoms with Gasteiger partial charge in [0.25, 0.3) is 0 Å². The van der Waals surface area contributed by atoms with Crippen LogP contribution in [0.25, 0.3) is 0 Å². The Hall–Kier alpha value is -2.28. The number of piperidine rings is 1. The number of methoxy groups -OCH3 is 1. The van der Waals surface area contributed by atoms with Gasteiger partial charge < -0.3 is 24.3 Å². The summed E-state index contributed by atoms with van der Waals surface area (Å²) in [5.74, 6) is 1.23. The number of piperazine rings is 2. The minimum absolute atomic E-state index is 0.132. The van der Waals surface area contributed by atoms with Crippen LogP contribution < -0.4 is 14.5 Å². The zero-order valence-corrected chi connectivity index (χ0v) is 17.4. The van der Waals surface area contributed by atoms with Gasteiger partial charge in [-0.1, -0.05) is 12.1 Å². The van der Waals surface area contributed by atoms with Crippen LogP contribution in [0.15, 0.2) is 24.3 Å². The Labute approximate surface area is 173 Å². The van der Waals surface area contributed by atoms with E-state index in [1.54, 1.807) is 16.9 Å². The SMILES string of the molecule is COc1ccccc1N1CC[NH+](CCCN2CC(=O)N3CCCC[C@H]3C2=O)CC1. The number of nitrogens with zero attached hydrogens (tertiary/aromatic N) is 3. The van der Waals surface area contributed by atoms with E-state index in [-0.39, 0.29) is 24.4 Å². The average Bonchev–Trinajstić information content (AvgIpc) is 2.77. The molecular weight excluding hydrogens is 368 g/mol. The molecule has 1 atom stereocenters. The Morgan fingerprint density at radius 2 is 1.90 bits per heavy atom. The van der Waals surface area contributed by atoms with E-state index in [0.717, 1.165) is 70.7 Å². The number of rotatable bonds is 6. The number of benzene rings is 1. The lowest BCUT2D eigenvalue weighted by atomic mass is 9.98. The number of quaternary nitrogens is 1. The molecule has 0 spiro atoms. The minimum atomic E-state index is -0.193. The third-order valence-electron chi connectivity index (χ3n) is 6.60. The van der Waals surface area contributed by atoms with Crippen molar-refractivity contribution in [1.29, 1.82) is 0 Å². The van der Waals surface area contributed by atoms with E-state index >= 15 is 0 Å². The fraction of sp³-hybridized carbons (Fsp3) is 0.636. The Balaban J connectivity index is 1.23. The maximum absolute atomic E-state index is 12.8. The van der Waals surface area contributed by atoms with Crippen molar-refractivity contribution in [1.82, 2.24) is 9.80 Å². The summed E-state index contributed by atoms with van der Waals surface area (Å²) in [5, 5.41) is 0. The first kappa shape index (κ1) is 20.0. The quantitative estimate of drug-likeness (QED) is 0.730. The van der Waals surface area contributed by atoms with Crippen molar-refractivity contribution in [3.63, 3.8) is 0 Å². The predicted molar refractivity (Wildman–Crippen MR) is 111 cm³/mol. The summed E-state index contributed by atoms with van der Waals surface area (Å²) in [6.45, 7) is 6.96. The van der Waals surface area contributed by atoms with Crippen LogP contribution in [0.5, 0.6) is 5.75 Å². The van der Waals surface area contributed by atoms with Gasteiger partial charge in [-0.25, -0.2) is 0 Å². The van der Waals surface area contributed by atoms with Gasteiger partial charge >= 0.3 is 0 Å². The first-order valence-corrected chi connectivity index (χ1v) is 11.0. The molecule has 3 saturated heterocycles. The van der Waals surface area contributed by atoms with Crippen LogP contribution in [0.2, 0.25) is 0 Å². The normalized spacial score (nSPS) is 23.3. The van der Waals surface area contributed by atoms with E-state index in [0.29, 0.717) is 6.54 Å². The summed E-state index contributed by atoms with van der Waals surface area (Å²) in [6.07, 6.45) is 3.86. The summed E-state index contributed by atoms with van der Waals surface area (Å²) in [4.78, 5) is 32.7. The van der Waals surface area contributed by atoms with Gasteiger partial charge in [-0.2, -0.15) is 0 Å². The molecule has 0 unspecified atom stereocenters. The smallest absolute Gasteiger partial charge is 0.245 e. The average molecular weight is 402 g/mol. The number of para-hydroxylation sites is 2. The number of carbonyl (C=O) groups excluding carboxylic acids is 2. The van der Waals surface area contributed by atoms with Gasteiger partial charge in [0.05, 0.1) is 52.1 Å². The molecule has 0 aromatic heterocycles. The van der Waals surface area contributed by atoms with Crippen molar-refractivity contribution < 1.29 is 19.2 Å². The summed E-state index contributed by atoms with van der Waals surface area (Å²) >= 11 is 0. The van der Waals surface area contributed by atoms with Crippen LogP contribution in [0.3, 0.4) is 0 Å². The molecule has 0 bridgehead atoms. The maximum Gasteiger partial charge on any atom is 0.245 e. The predicted octanol–water partition coefficient (Wildman–Crippen LogP) is 0.0135. The maximum atomic E-state index is 12.8. The van der Waals surface area contributed by atoms with Crippen molar-refractivity contribution in [2.75, 3.05) is 64.4 Å². The zero-order valence-electron chi connectivity index (χ0n) is 17.4. The standard InChI is InChI=1S/C22H32N4O3/c1-29-20-9-3-2-7-18(20)24-15-13-23(14-16-24)10-6-11-25-17-21(27)26-12-5-4-8-19(26)22(25)28/h2-3,7,9,19H,4-6,8,10-17H2,1H3/p+1/t19-/m0/s1. The summed E-state index contributed by atoms with van der Waals surface area (Å²) < 4.78 is 5.50. The highest BCUT2D eigenvalue weighted by Crippen LogP contribution is 2.27. The molecule has 7 nitrogen and oxygen atoms in total. The Morgan fingerprint density at radius 3 is 2.69 bits per heavy atom. The highest BCUT2D eigenvalue weighted by Gasteiger charge is 2.40. The molecule has 1 aromatic carbocycles. The fourth-order valence-corrected chi connectivity index (χ4v) is 4.94. The van der Waals surface area contributed by atoms with Crippen molar-refractivity contribution >= 4 is 17.5 Å². The molecule has 3 aliphatic heterocycles. The van der Waals surface area contributed by atoms with Gasteiger partial charge in [0.1, 0.15) is 11.8 Å². The molecule has 0 saturated carbocycles. The van der Waals surface area contributed by atoms with Crippen molar-refractivity contribution in [3.05, 3.63) is 24.3 Å². The molecule has 0 aliphatic carbocycles. The summed E-state index contributed by atoms with van der Waals surface area (Å²) in [5.41, 5.74) is 1.17. The summed E-state index contributed by atoms with van der Waals surface area (Å²) in [6, 6.07) is 8.00. The second kappa shape index (κ2) is 9.03. The van der Waals surface area contributed by atoms with E-state index in [2.05, 4.69) is 17.0 Å². The first-order valence-electron chi connectivity index (χ1n) is 11.0. The number of hydrogen-bond donors (Lipinski definition) is 1. The molecule has 158 valence electrons. The Bertz CT molecular complexity index is 733. The lowest BCUT2D eigenvalue weighted by Gasteiger charge is -2.42. The topological polar surface area (TPSA) is 57.5 Å². The lowest BCUT2D eigenvalue weighted by molar-refractivity contribution is -0.900. The third-order valence-corrected chi connectivity index (χ3v) is 6.60. The highest BCUT2D eigenvalue weighted by molar-refractivity contribution is 5.95. The van der Waals surface area contributed by atoms with Crippen LogP contribution in [-0.2, 0) is 9.59 Å². The second-order valence-corrected chi connectivity index (χ2v) is 8.37. The molecule has 1 N–H and O–H groups in total. The molecule has 3 heterocycles. The van der Waals surface area contributed by atoms with Gasteiger partial charge in [-0.15, -0.1) is 0 Å². The highest BCUT2D eigenvalue weighted by atomic mass is 16.5. The molecular formula is C22H33N4O3+. The van der Waals surface area contributed by atoms with Crippen molar-refractivity contribution in [2.45, 2.75) is 31.7 Å². The number of amides is 2. The van der Waals surface area contributed by atoms with Gasteiger partial charge in [0.15, 0.2) is 0 Å². The number of anilines is 1. The monoisotopic (exact) mass is 401 g/mol. The molecule has 3 fully saturated rings. The number of hydrogen-bond acceptors (Lipinski definition) is 4. The largest absolute Gasteiger partial charge is 0.495 e. The minimum Gasteiger partial charge on any atom is -0.495 e. The van der Waals surface area contributed by atoms with E-state index in [1.165, 1.54) is 5.69 Å². The Morgan fingerprint density at radius 1 is 1.10 bits per heavy atom. The molecule has 1 aromatic rings. The second-order valence-electron chi connectivity index (χ2n) is 8.37. The van der Waals surface area contributed by atoms with Gasteiger partial charge in [0, 0.05) is 19.5 Å². The summed E-state index contributed by atoms with van der Waals surface area (Å²) in [7, 11) is 1.72. The van der Waals surface area contributed by atoms with E-state index in [4.69, 9.17) is 4.74 Å². The van der Waals surface area contributed by atoms with Crippen molar-refractivity contribution in [3.8, 4) is 5.75 Å². The van der Waals surface area contributed by atoms with Gasteiger partial charge in [0.2, 0.25) is 11.8 Å². The molecule has 0 radical (unpaired) electrons. The lowest BCUT2D eigenvalue weighted by Crippen LogP contribution is -3.15. The van der Waals surface area contributed by atoms with Crippen LogP contribution in [0, 0.1) is 0 Å². The fourth-order valence-electron chi connectivity index (χ4n) is 4.94. The van der Waals surface area contributed by atoms with E-state index in [1.807, 2.05) is 17.0 Å². The van der Waals surface area contributed by atoms with E-state index < -0.39 is 0 Å². The van der Waals surface area contributed by atoms with E-state index in [9.17, 15) is 9.59 Å². The Kier molecular flexibility index (Phi) is 6.23. The van der Waals surface area contributed by atoms with Crippen molar-refractivity contribution in [2.24, 2.45) is 0 Å². The van der Waals surface area contributed by atoms with Crippen LogP contribution >= 0.6 is 0 Å². The molecule has 29 heavy (non-hydrogen) atoms.